The number of nitrogens with one attached hydrogen (secondary N) is 1. The van der Waals surface area contributed by atoms with E-state index in [4.69, 9.17) is 0 Å². The van der Waals surface area contributed by atoms with Crippen LogP contribution in [-0.2, 0) is 15.0 Å². The van der Waals surface area contributed by atoms with Gasteiger partial charge in [-0.1, -0.05) is 66.2 Å². The van der Waals surface area contributed by atoms with Gasteiger partial charge in [0.25, 0.3) is 5.91 Å². The third kappa shape index (κ3) is 3.27. The van der Waals surface area contributed by atoms with Crippen LogP contribution >= 0.6 is 0 Å². The third-order valence-electron chi connectivity index (χ3n) is 8.52. The molecule has 0 saturated carbocycles. The number of rotatable bonds is 4. The molecule has 4 aliphatic rings. The highest BCUT2D eigenvalue weighted by Gasteiger charge is 2.68. The fraction of sp³-hybridized carbons (Fsp3) is 0.152. The molecule has 0 radical (unpaired) electrons. The lowest BCUT2D eigenvalue weighted by Gasteiger charge is -2.52. The van der Waals surface area contributed by atoms with E-state index in [0.717, 1.165) is 27.8 Å². The number of carbonyl (C=O) groups excluding carboxylic acids is 3. The Morgan fingerprint density at radius 3 is 2.08 bits per heavy atom. The predicted octanol–water partition coefficient (Wildman–Crippen LogP) is 5.10. The van der Waals surface area contributed by atoms with Crippen molar-refractivity contribution in [2.75, 3.05) is 4.90 Å². The number of carbonyl (C=O) groups is 3. The van der Waals surface area contributed by atoms with Crippen molar-refractivity contribution in [3.8, 4) is 0 Å². The Morgan fingerprint density at radius 1 is 0.850 bits per heavy atom. The summed E-state index contributed by atoms with van der Waals surface area (Å²) in [5.41, 5.74) is 7.05. The van der Waals surface area contributed by atoms with Crippen molar-refractivity contribution in [2.24, 2.45) is 16.9 Å². The number of nitrogens with zero attached hydrogens (tertiary/aromatic N) is 2. The molecule has 1 fully saturated rings. The number of halogens is 1. The molecule has 196 valence electrons. The SMILES string of the molecule is Cc1ccc(C(=O)N/N=C/C23c4ccccc4C(c4ccccc42)[C@@H]2C(=O)N(c4ccc(F)cc4)C(=O)[C@@H]23)cc1. The standard InChI is InChI=1S/C33H24FN3O3/c1-19-10-12-20(13-11-19)30(38)36-35-18-33-25-8-4-2-6-23(25)27(24-7-3-5-9-26(24)33)28-29(33)32(40)37(31(28)39)22-16-14-21(34)15-17-22/h2-18,27-29H,1H3,(H,36,38)/b35-18+/t27?,28-,29+,33?/m0/s1. The first-order valence-electron chi connectivity index (χ1n) is 13.2. The Labute approximate surface area is 230 Å². The summed E-state index contributed by atoms with van der Waals surface area (Å²) in [5, 5.41) is 4.43. The van der Waals surface area contributed by atoms with Gasteiger partial charge in [0.2, 0.25) is 11.8 Å². The number of aryl methyl sites for hydroxylation is 1. The molecule has 4 aromatic rings. The van der Waals surface area contributed by atoms with Gasteiger partial charge in [-0.3, -0.25) is 14.4 Å². The first-order valence-corrected chi connectivity index (χ1v) is 13.2. The first kappa shape index (κ1) is 24.2. The Kier molecular flexibility index (Phi) is 5.32. The van der Waals surface area contributed by atoms with Crippen LogP contribution in [-0.4, -0.2) is 23.9 Å². The van der Waals surface area contributed by atoms with E-state index >= 15 is 0 Å². The molecule has 1 aliphatic heterocycles. The largest absolute Gasteiger partial charge is 0.274 e. The second kappa shape index (κ2) is 8.81. The smallest absolute Gasteiger partial charge is 0.271 e. The van der Waals surface area contributed by atoms with Gasteiger partial charge >= 0.3 is 0 Å². The number of anilines is 1. The van der Waals surface area contributed by atoms with Gasteiger partial charge in [0.1, 0.15) is 5.82 Å². The minimum absolute atomic E-state index is 0.322. The van der Waals surface area contributed by atoms with Crippen LogP contribution < -0.4 is 10.3 Å². The molecule has 0 aromatic heterocycles. The van der Waals surface area contributed by atoms with Crippen LogP contribution in [0.25, 0.3) is 0 Å². The van der Waals surface area contributed by atoms with Crippen molar-refractivity contribution in [3.63, 3.8) is 0 Å². The van der Waals surface area contributed by atoms with Gasteiger partial charge in [-0.05, 0) is 65.6 Å². The van der Waals surface area contributed by atoms with Gasteiger partial charge in [0, 0.05) is 17.7 Å². The van der Waals surface area contributed by atoms with Crippen molar-refractivity contribution in [1.82, 2.24) is 5.43 Å². The number of benzene rings is 4. The molecule has 2 atom stereocenters. The molecule has 1 N–H and O–H groups in total. The van der Waals surface area contributed by atoms with Crippen LogP contribution in [0.5, 0.6) is 0 Å². The van der Waals surface area contributed by atoms with Crippen molar-refractivity contribution in [2.45, 2.75) is 18.3 Å². The highest BCUT2D eigenvalue weighted by Crippen LogP contribution is 2.63. The molecular formula is C33H24FN3O3. The summed E-state index contributed by atoms with van der Waals surface area (Å²) in [5.74, 6) is -3.31. The topological polar surface area (TPSA) is 78.8 Å². The van der Waals surface area contributed by atoms with Crippen molar-refractivity contribution < 1.29 is 18.8 Å². The van der Waals surface area contributed by atoms with Gasteiger partial charge in [-0.2, -0.15) is 5.10 Å². The second-order valence-corrected chi connectivity index (χ2v) is 10.6. The van der Waals surface area contributed by atoms with E-state index in [1.54, 1.807) is 18.3 Å². The Hall–Kier alpha value is -4.91. The molecule has 4 aromatic carbocycles. The maximum Gasteiger partial charge on any atom is 0.271 e. The summed E-state index contributed by atoms with van der Waals surface area (Å²) in [4.78, 5) is 42.4. The van der Waals surface area contributed by atoms with E-state index in [1.165, 1.54) is 29.2 Å². The van der Waals surface area contributed by atoms with E-state index in [9.17, 15) is 18.8 Å². The molecule has 3 aliphatic carbocycles. The van der Waals surface area contributed by atoms with Crippen LogP contribution in [0.15, 0.2) is 102 Å². The molecule has 2 bridgehead atoms. The zero-order chi connectivity index (χ0) is 27.6. The molecule has 0 unspecified atom stereocenters. The third-order valence-corrected chi connectivity index (χ3v) is 8.52. The van der Waals surface area contributed by atoms with E-state index in [1.807, 2.05) is 67.6 Å². The molecule has 1 heterocycles. The summed E-state index contributed by atoms with van der Waals surface area (Å²) in [7, 11) is 0. The average molecular weight is 530 g/mol. The minimum Gasteiger partial charge on any atom is -0.274 e. The molecular weight excluding hydrogens is 505 g/mol. The molecule has 6 nitrogen and oxygen atoms in total. The van der Waals surface area contributed by atoms with Crippen LogP contribution in [0.2, 0.25) is 0 Å². The summed E-state index contributed by atoms with van der Waals surface area (Å²) >= 11 is 0. The lowest BCUT2D eigenvalue weighted by Crippen LogP contribution is -2.54. The maximum absolute atomic E-state index is 14.3. The summed E-state index contributed by atoms with van der Waals surface area (Å²) in [6, 6.07) is 28.2. The zero-order valence-electron chi connectivity index (χ0n) is 21.5. The van der Waals surface area contributed by atoms with Crippen LogP contribution in [0.3, 0.4) is 0 Å². The summed E-state index contributed by atoms with van der Waals surface area (Å²) < 4.78 is 13.7. The highest BCUT2D eigenvalue weighted by atomic mass is 19.1. The normalized spacial score (nSPS) is 24.1. The van der Waals surface area contributed by atoms with E-state index in [-0.39, 0.29) is 23.6 Å². The predicted molar refractivity (Wildman–Crippen MR) is 149 cm³/mol. The van der Waals surface area contributed by atoms with Gasteiger partial charge in [-0.25, -0.2) is 14.7 Å². The van der Waals surface area contributed by atoms with Gasteiger partial charge in [-0.15, -0.1) is 0 Å². The molecule has 8 rings (SSSR count). The van der Waals surface area contributed by atoms with Gasteiger partial charge < -0.3 is 0 Å². The number of hydrogen-bond acceptors (Lipinski definition) is 4. The van der Waals surface area contributed by atoms with E-state index in [2.05, 4.69) is 10.5 Å². The zero-order valence-corrected chi connectivity index (χ0v) is 21.5. The number of imide groups is 1. The maximum atomic E-state index is 14.3. The lowest BCUT2D eigenvalue weighted by atomic mass is 9.47. The fourth-order valence-electron chi connectivity index (χ4n) is 6.86. The summed E-state index contributed by atoms with van der Waals surface area (Å²) in [6.07, 6.45) is 1.63. The van der Waals surface area contributed by atoms with Crippen LogP contribution in [0, 0.1) is 24.6 Å². The quantitative estimate of drug-likeness (QED) is 0.227. The van der Waals surface area contributed by atoms with Gasteiger partial charge in [0.05, 0.1) is 22.9 Å². The second-order valence-electron chi connectivity index (χ2n) is 10.6. The van der Waals surface area contributed by atoms with Gasteiger partial charge in [0.15, 0.2) is 0 Å². The van der Waals surface area contributed by atoms with Crippen molar-refractivity contribution in [1.29, 1.82) is 0 Å². The Morgan fingerprint density at radius 2 is 1.45 bits per heavy atom. The van der Waals surface area contributed by atoms with Crippen molar-refractivity contribution in [3.05, 3.63) is 136 Å². The molecule has 0 spiro atoms. The Balaban J connectivity index is 1.39. The summed E-state index contributed by atoms with van der Waals surface area (Å²) in [6.45, 7) is 1.94. The average Bonchev–Trinajstić information content (AvgIpc) is 3.24. The first-order chi connectivity index (χ1) is 19.4. The van der Waals surface area contributed by atoms with Crippen LogP contribution in [0.1, 0.15) is 44.1 Å². The molecule has 40 heavy (non-hydrogen) atoms. The fourth-order valence-corrected chi connectivity index (χ4v) is 6.86. The highest BCUT2D eigenvalue weighted by molar-refractivity contribution is 6.25. The number of hydrogen-bond donors (Lipinski definition) is 1. The Bertz CT molecular complexity index is 1680. The lowest BCUT2D eigenvalue weighted by molar-refractivity contribution is -0.122. The number of amides is 3. The van der Waals surface area contributed by atoms with Crippen LogP contribution in [0.4, 0.5) is 10.1 Å². The van der Waals surface area contributed by atoms with E-state index in [0.29, 0.717) is 11.3 Å². The molecule has 3 amide bonds. The van der Waals surface area contributed by atoms with Crippen molar-refractivity contribution >= 4 is 29.6 Å². The number of hydrazone groups is 1. The monoisotopic (exact) mass is 529 g/mol. The van der Waals surface area contributed by atoms with E-state index < -0.39 is 23.1 Å². The minimum atomic E-state index is -1.10. The molecule has 1 saturated heterocycles. The molecule has 7 heteroatoms.